The first-order valence-electron chi connectivity index (χ1n) is 8.29. The van der Waals surface area contributed by atoms with Gasteiger partial charge in [-0.05, 0) is 42.0 Å². The van der Waals surface area contributed by atoms with Crippen molar-refractivity contribution in [2.24, 2.45) is 5.92 Å². The summed E-state index contributed by atoms with van der Waals surface area (Å²) in [5.41, 5.74) is 1.60. The average Bonchev–Trinajstić information content (AvgIpc) is 2.65. The molecule has 1 aliphatic heterocycles. The van der Waals surface area contributed by atoms with Gasteiger partial charge in [0.2, 0.25) is 0 Å². The van der Waals surface area contributed by atoms with Crippen molar-refractivity contribution >= 4 is 17.7 Å². The van der Waals surface area contributed by atoms with E-state index in [1.165, 1.54) is 11.8 Å². The van der Waals surface area contributed by atoms with Crippen LogP contribution in [0.25, 0.3) is 0 Å². The van der Waals surface area contributed by atoms with Crippen LogP contribution in [0, 0.1) is 5.92 Å². The maximum atomic E-state index is 12.8. The second kappa shape index (κ2) is 7.78. The summed E-state index contributed by atoms with van der Waals surface area (Å²) in [5, 5.41) is 3.87. The molecule has 0 saturated heterocycles. The van der Waals surface area contributed by atoms with Crippen molar-refractivity contribution < 1.29 is 14.3 Å². The van der Waals surface area contributed by atoms with E-state index in [4.69, 9.17) is 9.47 Å². The van der Waals surface area contributed by atoms with Crippen molar-refractivity contribution in [2.75, 3.05) is 19.5 Å². The van der Waals surface area contributed by atoms with Crippen molar-refractivity contribution in [1.82, 2.24) is 10.3 Å². The number of fused-ring (bicyclic) bond motifs is 1. The number of nitrogens with one attached hydrogen (secondary N) is 1. The number of pyridine rings is 1. The molecule has 0 bridgehead atoms. The standard InChI is InChI=1S/C19H22N2O3S/c1-12(2)17(13-6-7-15-16(11-13)24-10-9-23-15)21-18(22)14-5-4-8-20-19(14)25-3/h4-8,11-12,17H,9-10H2,1-3H3,(H,21,22)/t17-/m0/s1. The van der Waals surface area contributed by atoms with Crippen molar-refractivity contribution in [3.63, 3.8) is 0 Å². The molecule has 0 saturated carbocycles. The van der Waals surface area contributed by atoms with Gasteiger partial charge in [-0.2, -0.15) is 0 Å². The van der Waals surface area contributed by atoms with Gasteiger partial charge in [0.15, 0.2) is 11.5 Å². The highest BCUT2D eigenvalue weighted by molar-refractivity contribution is 7.98. The van der Waals surface area contributed by atoms with Crippen LogP contribution in [-0.4, -0.2) is 30.4 Å². The van der Waals surface area contributed by atoms with Crippen molar-refractivity contribution in [3.8, 4) is 11.5 Å². The first-order valence-corrected chi connectivity index (χ1v) is 9.52. The molecule has 0 spiro atoms. The number of carbonyl (C=O) groups is 1. The fraction of sp³-hybridized carbons (Fsp3) is 0.368. The van der Waals surface area contributed by atoms with Crippen LogP contribution < -0.4 is 14.8 Å². The topological polar surface area (TPSA) is 60.5 Å². The van der Waals surface area contributed by atoms with Crippen LogP contribution in [-0.2, 0) is 0 Å². The molecule has 25 heavy (non-hydrogen) atoms. The maximum Gasteiger partial charge on any atom is 0.254 e. The summed E-state index contributed by atoms with van der Waals surface area (Å²) in [7, 11) is 0. The molecule has 1 aromatic heterocycles. The Morgan fingerprint density at radius 2 is 1.96 bits per heavy atom. The van der Waals surface area contributed by atoms with Gasteiger partial charge in [0.05, 0.1) is 11.6 Å². The molecule has 1 aromatic carbocycles. The Labute approximate surface area is 152 Å². The molecule has 1 N–H and O–H groups in total. The van der Waals surface area contributed by atoms with E-state index < -0.39 is 0 Å². The second-order valence-electron chi connectivity index (χ2n) is 6.16. The van der Waals surface area contributed by atoms with Crippen LogP contribution >= 0.6 is 11.8 Å². The van der Waals surface area contributed by atoms with Crippen LogP contribution in [0.2, 0.25) is 0 Å². The molecule has 132 valence electrons. The third-order valence-corrected chi connectivity index (χ3v) is 4.80. The minimum absolute atomic E-state index is 0.119. The zero-order valence-electron chi connectivity index (χ0n) is 14.6. The van der Waals surface area contributed by atoms with Gasteiger partial charge >= 0.3 is 0 Å². The van der Waals surface area contributed by atoms with Gasteiger partial charge in [-0.25, -0.2) is 4.98 Å². The first kappa shape index (κ1) is 17.6. The summed E-state index contributed by atoms with van der Waals surface area (Å²) in [6, 6.07) is 9.30. The SMILES string of the molecule is CSc1ncccc1C(=O)N[C@H](c1ccc2c(c1)OCCO2)C(C)C. The molecule has 3 rings (SSSR count). The summed E-state index contributed by atoms with van der Waals surface area (Å²) in [6.07, 6.45) is 3.61. The molecule has 5 nitrogen and oxygen atoms in total. The molecule has 1 atom stereocenters. The third-order valence-electron chi connectivity index (χ3n) is 4.09. The Balaban J connectivity index is 1.85. The predicted octanol–water partition coefficient (Wildman–Crippen LogP) is 3.70. The molecule has 0 radical (unpaired) electrons. The van der Waals surface area contributed by atoms with E-state index in [9.17, 15) is 4.79 Å². The number of thioether (sulfide) groups is 1. The summed E-state index contributed by atoms with van der Waals surface area (Å²) in [6.45, 7) is 5.28. The van der Waals surface area contributed by atoms with Crippen molar-refractivity contribution in [2.45, 2.75) is 24.9 Å². The van der Waals surface area contributed by atoms with Crippen molar-refractivity contribution in [3.05, 3.63) is 47.7 Å². The number of hydrogen-bond donors (Lipinski definition) is 1. The van der Waals surface area contributed by atoms with Gasteiger partial charge in [0, 0.05) is 6.20 Å². The molecule has 1 aliphatic rings. The largest absolute Gasteiger partial charge is 0.486 e. The Hall–Kier alpha value is -2.21. The number of aromatic nitrogens is 1. The molecular formula is C19H22N2O3S. The highest BCUT2D eigenvalue weighted by Gasteiger charge is 2.23. The monoisotopic (exact) mass is 358 g/mol. The van der Waals surface area contributed by atoms with Gasteiger partial charge < -0.3 is 14.8 Å². The van der Waals surface area contributed by atoms with Crippen LogP contribution in [0.3, 0.4) is 0 Å². The lowest BCUT2D eigenvalue weighted by molar-refractivity contribution is 0.0921. The zero-order chi connectivity index (χ0) is 17.8. The van der Waals surface area contributed by atoms with Crippen LogP contribution in [0.4, 0.5) is 0 Å². The fourth-order valence-electron chi connectivity index (χ4n) is 2.83. The quantitative estimate of drug-likeness (QED) is 0.826. The van der Waals surface area contributed by atoms with E-state index in [-0.39, 0.29) is 17.9 Å². The minimum atomic E-state index is -0.127. The maximum absolute atomic E-state index is 12.8. The van der Waals surface area contributed by atoms with E-state index >= 15 is 0 Å². The average molecular weight is 358 g/mol. The lowest BCUT2D eigenvalue weighted by Crippen LogP contribution is -2.32. The second-order valence-corrected chi connectivity index (χ2v) is 6.95. The van der Waals surface area contributed by atoms with Gasteiger partial charge in [0.25, 0.3) is 5.91 Å². The van der Waals surface area contributed by atoms with E-state index in [1.54, 1.807) is 18.3 Å². The summed E-state index contributed by atoms with van der Waals surface area (Å²) in [4.78, 5) is 17.0. The number of hydrogen-bond acceptors (Lipinski definition) is 5. The molecular weight excluding hydrogens is 336 g/mol. The highest BCUT2D eigenvalue weighted by atomic mass is 32.2. The van der Waals surface area contributed by atoms with E-state index in [2.05, 4.69) is 24.1 Å². The van der Waals surface area contributed by atoms with Gasteiger partial charge in [-0.3, -0.25) is 4.79 Å². The number of benzene rings is 1. The molecule has 1 amide bonds. The number of amides is 1. The number of carbonyl (C=O) groups excluding carboxylic acids is 1. The Morgan fingerprint density at radius 3 is 2.68 bits per heavy atom. The highest BCUT2D eigenvalue weighted by Crippen LogP contribution is 2.34. The van der Waals surface area contributed by atoms with Crippen LogP contribution in [0.15, 0.2) is 41.6 Å². The number of nitrogens with zero attached hydrogens (tertiary/aromatic N) is 1. The summed E-state index contributed by atoms with van der Waals surface area (Å²) < 4.78 is 11.2. The Morgan fingerprint density at radius 1 is 1.20 bits per heavy atom. The Kier molecular flexibility index (Phi) is 5.48. The minimum Gasteiger partial charge on any atom is -0.486 e. The lowest BCUT2D eigenvalue weighted by Gasteiger charge is -2.25. The number of ether oxygens (including phenoxy) is 2. The van der Waals surface area contributed by atoms with Gasteiger partial charge in [-0.15, -0.1) is 11.8 Å². The molecule has 2 aromatic rings. The van der Waals surface area contributed by atoms with Gasteiger partial charge in [-0.1, -0.05) is 19.9 Å². The predicted molar refractivity (Wildman–Crippen MR) is 98.5 cm³/mol. The molecule has 6 heteroatoms. The summed E-state index contributed by atoms with van der Waals surface area (Å²) in [5.74, 6) is 1.59. The fourth-order valence-corrected chi connectivity index (χ4v) is 3.38. The van der Waals surface area contributed by atoms with E-state index in [1.807, 2.05) is 24.5 Å². The van der Waals surface area contributed by atoms with Crippen LogP contribution in [0.1, 0.15) is 35.8 Å². The third kappa shape index (κ3) is 3.90. The number of rotatable bonds is 5. The normalized spacial score (nSPS) is 14.2. The molecule has 2 heterocycles. The summed E-state index contributed by atoms with van der Waals surface area (Å²) >= 11 is 1.47. The first-order chi connectivity index (χ1) is 12.1. The van der Waals surface area contributed by atoms with E-state index in [0.717, 1.165) is 22.1 Å². The molecule has 0 unspecified atom stereocenters. The zero-order valence-corrected chi connectivity index (χ0v) is 15.4. The lowest BCUT2D eigenvalue weighted by atomic mass is 9.95. The Bertz CT molecular complexity index is 764. The van der Waals surface area contributed by atoms with Crippen molar-refractivity contribution in [1.29, 1.82) is 0 Å². The van der Waals surface area contributed by atoms with E-state index in [0.29, 0.717) is 18.8 Å². The smallest absolute Gasteiger partial charge is 0.254 e. The molecule has 0 fully saturated rings. The molecule has 0 aliphatic carbocycles. The van der Waals surface area contributed by atoms with Gasteiger partial charge in [0.1, 0.15) is 18.2 Å². The van der Waals surface area contributed by atoms with Crippen LogP contribution in [0.5, 0.6) is 11.5 Å².